The Bertz CT molecular complexity index is 842. The number of piperazine rings is 1. The molecule has 8 nitrogen and oxygen atoms in total. The van der Waals surface area contributed by atoms with Gasteiger partial charge in [0.05, 0.1) is 18.6 Å². The van der Waals surface area contributed by atoms with Crippen LogP contribution in [0.15, 0.2) is 27.5 Å². The Morgan fingerprint density at radius 2 is 1.88 bits per heavy atom. The summed E-state index contributed by atoms with van der Waals surface area (Å²) in [5.74, 6) is 1.74. The van der Waals surface area contributed by atoms with Gasteiger partial charge in [-0.15, -0.1) is 10.2 Å². The van der Waals surface area contributed by atoms with Crippen LogP contribution in [0.25, 0.3) is 0 Å². The molecule has 0 saturated carbocycles. The molecule has 1 saturated heterocycles. The molecule has 1 aromatic heterocycles. The zero-order chi connectivity index (χ0) is 18.0. The normalized spacial score (nSPS) is 16.9. The molecule has 0 bridgehead atoms. The largest absolute Gasteiger partial charge is 0.497 e. The molecule has 0 atom stereocenters. The molecule has 9 heteroatoms. The predicted octanol–water partition coefficient (Wildman–Crippen LogP) is 1.20. The Morgan fingerprint density at radius 1 is 1.16 bits per heavy atom. The molecular formula is C16H22N4O4S. The van der Waals surface area contributed by atoms with Crippen LogP contribution in [-0.4, -0.2) is 61.1 Å². The van der Waals surface area contributed by atoms with E-state index in [1.807, 2.05) is 0 Å². The third kappa shape index (κ3) is 3.83. The molecule has 1 aromatic carbocycles. The first-order chi connectivity index (χ1) is 11.9. The third-order valence-corrected chi connectivity index (χ3v) is 6.32. The zero-order valence-corrected chi connectivity index (χ0v) is 15.4. The highest BCUT2D eigenvalue weighted by Crippen LogP contribution is 2.25. The van der Waals surface area contributed by atoms with E-state index in [4.69, 9.17) is 9.15 Å². The minimum atomic E-state index is -3.51. The monoisotopic (exact) mass is 366 g/mol. The first-order valence-corrected chi connectivity index (χ1v) is 9.50. The third-order valence-electron chi connectivity index (χ3n) is 4.26. The van der Waals surface area contributed by atoms with Gasteiger partial charge in [-0.1, -0.05) is 0 Å². The molecule has 0 N–H and O–H groups in total. The smallest absolute Gasteiger partial charge is 0.243 e. The van der Waals surface area contributed by atoms with E-state index < -0.39 is 10.0 Å². The topological polar surface area (TPSA) is 88.8 Å². The van der Waals surface area contributed by atoms with Crippen LogP contribution in [0.4, 0.5) is 0 Å². The van der Waals surface area contributed by atoms with Gasteiger partial charge in [0.1, 0.15) is 5.75 Å². The summed E-state index contributed by atoms with van der Waals surface area (Å²) in [5, 5.41) is 7.79. The Kier molecular flexibility index (Phi) is 5.07. The number of hydrogen-bond acceptors (Lipinski definition) is 7. The average molecular weight is 366 g/mol. The van der Waals surface area contributed by atoms with Crippen molar-refractivity contribution in [3.63, 3.8) is 0 Å². The van der Waals surface area contributed by atoms with Crippen molar-refractivity contribution in [3.8, 4) is 5.75 Å². The Morgan fingerprint density at radius 3 is 2.44 bits per heavy atom. The van der Waals surface area contributed by atoms with Gasteiger partial charge in [-0.3, -0.25) is 4.90 Å². The summed E-state index contributed by atoms with van der Waals surface area (Å²) in [7, 11) is -1.95. The average Bonchev–Trinajstić information content (AvgIpc) is 3.00. The van der Waals surface area contributed by atoms with E-state index >= 15 is 0 Å². The quantitative estimate of drug-likeness (QED) is 0.785. The van der Waals surface area contributed by atoms with Gasteiger partial charge in [0.2, 0.25) is 21.8 Å². The lowest BCUT2D eigenvalue weighted by Crippen LogP contribution is -2.48. The van der Waals surface area contributed by atoms with Crippen LogP contribution in [-0.2, 0) is 16.6 Å². The first kappa shape index (κ1) is 17.8. The molecular weight excluding hydrogens is 344 g/mol. The number of methoxy groups -OCH3 is 1. The Balaban J connectivity index is 1.67. The van der Waals surface area contributed by atoms with Crippen LogP contribution in [0.2, 0.25) is 0 Å². The van der Waals surface area contributed by atoms with Gasteiger partial charge in [-0.2, -0.15) is 4.31 Å². The van der Waals surface area contributed by atoms with E-state index in [1.165, 1.54) is 4.31 Å². The summed E-state index contributed by atoms with van der Waals surface area (Å²) >= 11 is 0. The van der Waals surface area contributed by atoms with Gasteiger partial charge in [0.25, 0.3) is 0 Å². The van der Waals surface area contributed by atoms with Crippen LogP contribution in [0, 0.1) is 13.8 Å². The molecule has 0 unspecified atom stereocenters. The van der Waals surface area contributed by atoms with Crippen molar-refractivity contribution < 1.29 is 17.6 Å². The molecule has 1 fully saturated rings. The van der Waals surface area contributed by atoms with Crippen molar-refractivity contribution in [2.24, 2.45) is 0 Å². The number of ether oxygens (including phenoxy) is 1. The molecule has 0 spiro atoms. The summed E-state index contributed by atoms with van der Waals surface area (Å²) in [6.45, 7) is 6.17. The number of aryl methyl sites for hydroxylation is 2. The summed E-state index contributed by atoms with van der Waals surface area (Å²) in [4.78, 5) is 2.44. The molecule has 136 valence electrons. The second-order valence-electron chi connectivity index (χ2n) is 6.03. The summed E-state index contributed by atoms with van der Waals surface area (Å²) in [6, 6.07) is 5.02. The lowest BCUT2D eigenvalue weighted by Gasteiger charge is -2.33. The van der Waals surface area contributed by atoms with E-state index in [1.54, 1.807) is 39.2 Å². The van der Waals surface area contributed by atoms with E-state index in [9.17, 15) is 8.42 Å². The fourth-order valence-corrected chi connectivity index (χ4v) is 4.53. The fraction of sp³-hybridized carbons (Fsp3) is 0.500. The molecule has 1 aliphatic heterocycles. The van der Waals surface area contributed by atoms with Gasteiger partial charge in [-0.25, -0.2) is 8.42 Å². The standard InChI is InChI=1S/C16H22N4O4S/c1-12-10-14(23-3)4-5-15(12)25(21,22)20-8-6-19(7-9-20)11-16-18-17-13(2)24-16/h4-5,10H,6-9,11H2,1-3H3. The molecule has 0 amide bonds. The number of sulfonamides is 1. The molecule has 0 aliphatic carbocycles. The highest BCUT2D eigenvalue weighted by atomic mass is 32.2. The van der Waals surface area contributed by atoms with Gasteiger partial charge in [0, 0.05) is 33.1 Å². The van der Waals surface area contributed by atoms with Crippen molar-refractivity contribution in [1.82, 2.24) is 19.4 Å². The summed E-state index contributed by atoms with van der Waals surface area (Å²) < 4.78 is 37.9. The van der Waals surface area contributed by atoms with Crippen LogP contribution in [0.3, 0.4) is 0 Å². The summed E-state index contributed by atoms with van der Waals surface area (Å²) in [6.07, 6.45) is 0. The Hall–Kier alpha value is -1.97. The number of benzene rings is 1. The lowest BCUT2D eigenvalue weighted by molar-refractivity contribution is 0.167. The summed E-state index contributed by atoms with van der Waals surface area (Å²) in [5.41, 5.74) is 0.683. The Labute approximate surface area is 147 Å². The lowest BCUT2D eigenvalue weighted by atomic mass is 10.2. The van der Waals surface area contributed by atoms with Crippen LogP contribution < -0.4 is 4.74 Å². The van der Waals surface area contributed by atoms with Crippen LogP contribution >= 0.6 is 0 Å². The maximum absolute atomic E-state index is 12.9. The predicted molar refractivity (Wildman–Crippen MR) is 90.8 cm³/mol. The van der Waals surface area contributed by atoms with E-state index in [2.05, 4.69) is 15.1 Å². The van der Waals surface area contributed by atoms with Crippen molar-refractivity contribution >= 4 is 10.0 Å². The second kappa shape index (κ2) is 7.11. The molecule has 0 radical (unpaired) electrons. The van der Waals surface area contributed by atoms with Crippen molar-refractivity contribution in [2.75, 3.05) is 33.3 Å². The maximum atomic E-state index is 12.9. The highest BCUT2D eigenvalue weighted by molar-refractivity contribution is 7.89. The van der Waals surface area contributed by atoms with Gasteiger partial charge < -0.3 is 9.15 Å². The van der Waals surface area contributed by atoms with Crippen molar-refractivity contribution in [3.05, 3.63) is 35.5 Å². The molecule has 2 aromatic rings. The molecule has 1 aliphatic rings. The van der Waals surface area contributed by atoms with Crippen molar-refractivity contribution in [1.29, 1.82) is 0 Å². The first-order valence-electron chi connectivity index (χ1n) is 8.06. The number of hydrogen-bond donors (Lipinski definition) is 0. The van der Waals surface area contributed by atoms with Gasteiger partial charge in [0.15, 0.2) is 0 Å². The van der Waals surface area contributed by atoms with Crippen LogP contribution in [0.5, 0.6) is 5.75 Å². The molecule has 2 heterocycles. The molecule has 25 heavy (non-hydrogen) atoms. The van der Waals surface area contributed by atoms with Crippen LogP contribution in [0.1, 0.15) is 17.3 Å². The number of aromatic nitrogens is 2. The fourth-order valence-electron chi connectivity index (χ4n) is 2.90. The highest BCUT2D eigenvalue weighted by Gasteiger charge is 2.30. The second-order valence-corrected chi connectivity index (χ2v) is 7.93. The minimum Gasteiger partial charge on any atom is -0.497 e. The minimum absolute atomic E-state index is 0.328. The SMILES string of the molecule is COc1ccc(S(=O)(=O)N2CCN(Cc3nnc(C)o3)CC2)c(C)c1. The van der Waals surface area contributed by atoms with Crippen molar-refractivity contribution in [2.45, 2.75) is 25.3 Å². The van der Waals surface area contributed by atoms with E-state index in [0.717, 1.165) is 0 Å². The maximum Gasteiger partial charge on any atom is 0.243 e. The van der Waals surface area contributed by atoms with Gasteiger partial charge in [-0.05, 0) is 30.7 Å². The molecule has 3 rings (SSSR count). The van der Waals surface area contributed by atoms with Gasteiger partial charge >= 0.3 is 0 Å². The van der Waals surface area contributed by atoms with E-state index in [-0.39, 0.29) is 0 Å². The number of rotatable bonds is 5. The van der Waals surface area contributed by atoms with E-state index in [0.29, 0.717) is 60.7 Å². The zero-order valence-electron chi connectivity index (χ0n) is 14.6. The number of nitrogens with zero attached hydrogens (tertiary/aromatic N) is 4.